The van der Waals surface area contributed by atoms with Crippen molar-refractivity contribution in [2.45, 2.75) is 6.92 Å². The van der Waals surface area contributed by atoms with Crippen LogP contribution in [0.2, 0.25) is 0 Å². The lowest BCUT2D eigenvalue weighted by Gasteiger charge is -2.18. The smallest absolute Gasteiger partial charge is 0.255 e. The third kappa shape index (κ3) is 3.43. The van der Waals surface area contributed by atoms with Gasteiger partial charge in [-0.05, 0) is 41.1 Å². The van der Waals surface area contributed by atoms with Crippen LogP contribution in [0.15, 0.2) is 46.4 Å². The average Bonchev–Trinajstić information content (AvgIpc) is 2.57. The van der Waals surface area contributed by atoms with E-state index in [1.54, 1.807) is 6.08 Å². The van der Waals surface area contributed by atoms with E-state index in [-0.39, 0.29) is 18.2 Å². The molecule has 1 aliphatic heterocycles. The molecule has 0 fully saturated rings. The number of carbonyl (C=O) groups is 1. The SMILES string of the molecule is CCOc1c(Br)cc(F)cc1NC(=O)C1=Cc2ccccc2OC1. The lowest BCUT2D eigenvalue weighted by atomic mass is 10.1. The third-order valence-electron chi connectivity index (χ3n) is 3.47. The highest BCUT2D eigenvalue weighted by atomic mass is 79.9. The fourth-order valence-corrected chi connectivity index (χ4v) is 2.94. The zero-order valence-corrected chi connectivity index (χ0v) is 14.5. The van der Waals surface area contributed by atoms with Crippen molar-refractivity contribution in [1.29, 1.82) is 0 Å². The zero-order chi connectivity index (χ0) is 17.1. The monoisotopic (exact) mass is 391 g/mol. The standard InChI is InChI=1S/C18H15BrFNO3/c1-2-23-17-14(19)8-13(20)9-15(17)21-18(22)12-7-11-5-3-4-6-16(11)24-10-12/h3-9H,2,10H2,1H3,(H,21,22). The molecule has 0 saturated heterocycles. The minimum Gasteiger partial charge on any atom is -0.491 e. The molecule has 0 aliphatic carbocycles. The van der Waals surface area contributed by atoms with Crippen LogP contribution >= 0.6 is 15.9 Å². The molecule has 0 aromatic heterocycles. The molecule has 0 spiro atoms. The number of anilines is 1. The fourth-order valence-electron chi connectivity index (χ4n) is 2.39. The van der Waals surface area contributed by atoms with E-state index in [4.69, 9.17) is 9.47 Å². The maximum absolute atomic E-state index is 13.7. The van der Waals surface area contributed by atoms with Crippen LogP contribution in [0.4, 0.5) is 10.1 Å². The number of benzene rings is 2. The van der Waals surface area contributed by atoms with Crippen molar-refractivity contribution >= 4 is 33.6 Å². The molecule has 0 bridgehead atoms. The summed E-state index contributed by atoms with van der Waals surface area (Å²) in [7, 11) is 0. The average molecular weight is 392 g/mol. The molecular weight excluding hydrogens is 377 g/mol. The van der Waals surface area contributed by atoms with E-state index in [2.05, 4.69) is 21.2 Å². The Labute approximate surface area is 147 Å². The van der Waals surface area contributed by atoms with E-state index in [1.165, 1.54) is 12.1 Å². The lowest BCUT2D eigenvalue weighted by molar-refractivity contribution is -0.113. The van der Waals surface area contributed by atoms with Gasteiger partial charge >= 0.3 is 0 Å². The van der Waals surface area contributed by atoms with Crippen molar-refractivity contribution in [3.63, 3.8) is 0 Å². The summed E-state index contributed by atoms with van der Waals surface area (Å²) >= 11 is 3.25. The number of amides is 1. The minimum absolute atomic E-state index is 0.156. The fraction of sp³-hybridized carbons (Fsp3) is 0.167. The highest BCUT2D eigenvalue weighted by Gasteiger charge is 2.19. The van der Waals surface area contributed by atoms with Gasteiger partial charge in [0.05, 0.1) is 22.3 Å². The summed E-state index contributed by atoms with van der Waals surface area (Å²) in [4.78, 5) is 12.5. The molecule has 6 heteroatoms. The molecule has 0 radical (unpaired) electrons. The van der Waals surface area contributed by atoms with Crippen molar-refractivity contribution in [1.82, 2.24) is 0 Å². The second-order valence-corrected chi connectivity index (χ2v) is 6.00. The summed E-state index contributed by atoms with van der Waals surface area (Å²) in [6, 6.07) is 9.97. The lowest BCUT2D eigenvalue weighted by Crippen LogP contribution is -2.21. The van der Waals surface area contributed by atoms with Crippen LogP contribution in [0.5, 0.6) is 11.5 Å². The number of halogens is 2. The molecule has 2 aromatic carbocycles. The first-order valence-corrected chi connectivity index (χ1v) is 8.23. The Morgan fingerprint density at radius 3 is 2.96 bits per heavy atom. The Bertz CT molecular complexity index is 820. The van der Waals surface area contributed by atoms with E-state index < -0.39 is 5.82 Å². The molecule has 0 atom stereocenters. The van der Waals surface area contributed by atoms with Crippen molar-refractivity contribution < 1.29 is 18.7 Å². The Kier molecular flexibility index (Phi) is 4.85. The van der Waals surface area contributed by atoms with E-state index in [9.17, 15) is 9.18 Å². The van der Waals surface area contributed by atoms with Crippen LogP contribution in [0.1, 0.15) is 12.5 Å². The van der Waals surface area contributed by atoms with E-state index in [0.29, 0.717) is 22.4 Å². The van der Waals surface area contributed by atoms with Crippen molar-refractivity contribution in [3.05, 3.63) is 57.8 Å². The van der Waals surface area contributed by atoms with Crippen LogP contribution in [0, 0.1) is 5.82 Å². The van der Waals surface area contributed by atoms with Gasteiger partial charge in [-0.15, -0.1) is 0 Å². The van der Waals surface area contributed by atoms with E-state index in [0.717, 1.165) is 11.3 Å². The Hall–Kier alpha value is -2.34. The first-order valence-electron chi connectivity index (χ1n) is 7.44. The molecule has 0 unspecified atom stereocenters. The molecule has 2 aromatic rings. The number of ether oxygens (including phenoxy) is 2. The highest BCUT2D eigenvalue weighted by Crippen LogP contribution is 2.35. The zero-order valence-electron chi connectivity index (χ0n) is 12.9. The molecule has 1 aliphatic rings. The molecule has 0 saturated carbocycles. The first-order chi connectivity index (χ1) is 11.6. The third-order valence-corrected chi connectivity index (χ3v) is 4.06. The Morgan fingerprint density at radius 1 is 1.38 bits per heavy atom. The number of rotatable bonds is 4. The van der Waals surface area contributed by atoms with Gasteiger partial charge < -0.3 is 14.8 Å². The minimum atomic E-state index is -0.472. The number of carbonyl (C=O) groups excluding carboxylic acids is 1. The van der Waals surface area contributed by atoms with Crippen LogP contribution in [0.25, 0.3) is 6.08 Å². The largest absolute Gasteiger partial charge is 0.491 e. The van der Waals surface area contributed by atoms with Crippen LogP contribution in [0.3, 0.4) is 0 Å². The van der Waals surface area contributed by atoms with Gasteiger partial charge in [-0.1, -0.05) is 18.2 Å². The summed E-state index contributed by atoms with van der Waals surface area (Å²) in [5.41, 5.74) is 1.56. The summed E-state index contributed by atoms with van der Waals surface area (Å²) in [6.07, 6.45) is 1.77. The maximum Gasteiger partial charge on any atom is 0.255 e. The molecule has 1 heterocycles. The summed E-state index contributed by atoms with van der Waals surface area (Å²) in [5.74, 6) is 0.297. The molecule has 4 nitrogen and oxygen atoms in total. The quantitative estimate of drug-likeness (QED) is 0.839. The number of para-hydroxylation sites is 1. The van der Waals surface area contributed by atoms with Crippen molar-refractivity contribution in [2.75, 3.05) is 18.5 Å². The van der Waals surface area contributed by atoms with E-state index >= 15 is 0 Å². The second-order valence-electron chi connectivity index (χ2n) is 5.15. The van der Waals surface area contributed by atoms with Crippen LogP contribution < -0.4 is 14.8 Å². The molecule has 24 heavy (non-hydrogen) atoms. The van der Waals surface area contributed by atoms with Gasteiger partial charge in [0.1, 0.15) is 18.2 Å². The van der Waals surface area contributed by atoms with Gasteiger partial charge in [-0.2, -0.15) is 0 Å². The predicted molar refractivity (Wildman–Crippen MR) is 93.8 cm³/mol. The molecule has 3 rings (SSSR count). The summed E-state index contributed by atoms with van der Waals surface area (Å²) < 4.78 is 25.2. The van der Waals surface area contributed by atoms with Gasteiger partial charge in [0.2, 0.25) is 0 Å². The normalized spacial score (nSPS) is 12.7. The first kappa shape index (κ1) is 16.5. The second kappa shape index (κ2) is 7.05. The van der Waals surface area contributed by atoms with Crippen molar-refractivity contribution in [3.8, 4) is 11.5 Å². The molecule has 1 N–H and O–H groups in total. The van der Waals surface area contributed by atoms with Gasteiger partial charge in [-0.3, -0.25) is 4.79 Å². The number of fused-ring (bicyclic) bond motifs is 1. The number of hydrogen-bond donors (Lipinski definition) is 1. The molecule has 1 amide bonds. The van der Waals surface area contributed by atoms with Crippen LogP contribution in [-0.4, -0.2) is 19.1 Å². The molecule has 124 valence electrons. The van der Waals surface area contributed by atoms with Gasteiger partial charge in [-0.25, -0.2) is 4.39 Å². The Morgan fingerprint density at radius 2 is 2.17 bits per heavy atom. The maximum atomic E-state index is 13.7. The predicted octanol–water partition coefficient (Wildman–Crippen LogP) is 4.40. The molecular formula is C18H15BrFNO3. The summed E-state index contributed by atoms with van der Waals surface area (Å²) in [6.45, 7) is 2.37. The Balaban J connectivity index is 1.87. The van der Waals surface area contributed by atoms with Gasteiger partial charge in [0.25, 0.3) is 5.91 Å². The van der Waals surface area contributed by atoms with Gasteiger partial charge in [0.15, 0.2) is 5.75 Å². The van der Waals surface area contributed by atoms with E-state index in [1.807, 2.05) is 31.2 Å². The highest BCUT2D eigenvalue weighted by molar-refractivity contribution is 9.10. The number of nitrogens with one attached hydrogen (secondary N) is 1. The topological polar surface area (TPSA) is 47.6 Å². The number of hydrogen-bond acceptors (Lipinski definition) is 3. The van der Waals surface area contributed by atoms with Crippen molar-refractivity contribution in [2.24, 2.45) is 0 Å². The van der Waals surface area contributed by atoms with Gasteiger partial charge in [0, 0.05) is 11.6 Å². The summed E-state index contributed by atoms with van der Waals surface area (Å²) in [5, 5.41) is 2.70. The van der Waals surface area contributed by atoms with Crippen LogP contribution in [-0.2, 0) is 4.79 Å².